The van der Waals surface area contributed by atoms with Crippen LogP contribution in [0.25, 0.3) is 22.4 Å². The number of aromatic carboxylic acids is 1. The molecule has 0 aliphatic heterocycles. The minimum absolute atomic E-state index is 0.0548. The zero-order valence-corrected chi connectivity index (χ0v) is 21.6. The molecule has 40 heavy (non-hydrogen) atoms. The lowest BCUT2D eigenvalue weighted by Gasteiger charge is -2.00. The van der Waals surface area contributed by atoms with Crippen LogP contribution in [0.4, 0.5) is 22.7 Å². The maximum absolute atomic E-state index is 11.0. The number of nitrogen functional groups attached to an aromatic ring is 2. The van der Waals surface area contributed by atoms with Crippen LogP contribution in [0.15, 0.2) is 84.9 Å². The van der Waals surface area contributed by atoms with Gasteiger partial charge in [-0.25, -0.2) is 9.78 Å². The van der Waals surface area contributed by atoms with Crippen LogP contribution >= 0.6 is 0 Å². The van der Waals surface area contributed by atoms with Gasteiger partial charge in [0.25, 0.3) is 11.4 Å². The second-order valence-electron chi connectivity index (χ2n) is 8.49. The number of benzene rings is 4. The Balaban J connectivity index is 0.000000180. The summed E-state index contributed by atoms with van der Waals surface area (Å²) in [5.74, 6) is -0.765. The molecule has 0 saturated heterocycles. The van der Waals surface area contributed by atoms with Gasteiger partial charge in [-0.15, -0.1) is 0 Å². The van der Waals surface area contributed by atoms with Gasteiger partial charge in [0, 0.05) is 12.1 Å². The van der Waals surface area contributed by atoms with Gasteiger partial charge >= 0.3 is 5.97 Å². The van der Waals surface area contributed by atoms with Crippen molar-refractivity contribution in [2.24, 2.45) is 0 Å². The molecule has 0 atom stereocenters. The van der Waals surface area contributed by atoms with E-state index < -0.39 is 15.8 Å². The van der Waals surface area contributed by atoms with Gasteiger partial charge in [0.05, 0.1) is 37.8 Å². The highest BCUT2D eigenvalue weighted by Gasteiger charge is 2.18. The SMILES string of the molecule is Cc1cccc(N)c1N.Cc1cccc2[nH]c(-c3ccccc3[N+](=O)[O-])nc12.O=C(O)c1ccccc1[N+](=O)[O-]. The number of para-hydroxylation sites is 4. The highest BCUT2D eigenvalue weighted by Crippen LogP contribution is 2.29. The zero-order chi connectivity index (χ0) is 29.4. The number of carboxylic acid groups (broad SMARTS) is 1. The number of nitro groups is 2. The third kappa shape index (κ3) is 6.75. The number of nitro benzene ring substituents is 2. The van der Waals surface area contributed by atoms with E-state index in [0.717, 1.165) is 28.2 Å². The molecule has 5 rings (SSSR count). The molecule has 1 heterocycles. The summed E-state index contributed by atoms with van der Waals surface area (Å²) in [4.78, 5) is 38.2. The number of nitrogens with zero attached hydrogens (tertiary/aromatic N) is 3. The van der Waals surface area contributed by atoms with Crippen LogP contribution in [0.3, 0.4) is 0 Å². The number of rotatable bonds is 4. The van der Waals surface area contributed by atoms with Crippen LogP contribution in [0.1, 0.15) is 21.5 Å². The summed E-state index contributed by atoms with van der Waals surface area (Å²) in [5, 5.41) is 29.8. The molecule has 204 valence electrons. The van der Waals surface area contributed by atoms with E-state index in [2.05, 4.69) is 9.97 Å². The molecular formula is C28H26N6O6. The van der Waals surface area contributed by atoms with E-state index in [0.29, 0.717) is 22.8 Å². The molecule has 0 fully saturated rings. The number of hydrogen-bond acceptors (Lipinski definition) is 8. The van der Waals surface area contributed by atoms with Crippen molar-refractivity contribution < 1.29 is 19.7 Å². The standard InChI is InChI=1S/C14H11N3O2.C7H10N2.C7H5NO4/c1-9-5-4-7-11-13(9)16-14(15-11)10-6-2-3-8-12(10)17(18)19;1-5-3-2-4-6(8)7(5)9;9-7(10)5-3-1-2-4-6(5)8(11)12/h2-8H,1H3,(H,15,16);2-4H,8-9H2,1H3;1-4H,(H,9,10). The predicted octanol–water partition coefficient (Wildman–Crippen LogP) is 5.90. The first kappa shape index (κ1) is 28.8. The van der Waals surface area contributed by atoms with E-state index in [4.69, 9.17) is 16.6 Å². The van der Waals surface area contributed by atoms with Gasteiger partial charge in [-0.3, -0.25) is 20.2 Å². The molecule has 0 amide bonds. The maximum atomic E-state index is 11.0. The Morgan fingerprint density at radius 1 is 0.800 bits per heavy atom. The Hall–Kier alpha value is -5.78. The van der Waals surface area contributed by atoms with Crippen LogP contribution in [-0.2, 0) is 0 Å². The summed E-state index contributed by atoms with van der Waals surface area (Å²) in [7, 11) is 0. The van der Waals surface area contributed by atoms with Gasteiger partial charge in [0.2, 0.25) is 0 Å². The number of nitrogens with two attached hydrogens (primary N) is 2. The van der Waals surface area contributed by atoms with Crippen LogP contribution in [0.2, 0.25) is 0 Å². The Labute approximate surface area is 228 Å². The topological polar surface area (TPSA) is 204 Å². The lowest BCUT2D eigenvalue weighted by atomic mass is 10.2. The number of aromatic amines is 1. The van der Waals surface area contributed by atoms with Gasteiger partial charge in [-0.1, -0.05) is 48.5 Å². The Morgan fingerprint density at radius 2 is 1.38 bits per heavy atom. The summed E-state index contributed by atoms with van der Waals surface area (Å²) < 4.78 is 0. The molecule has 0 spiro atoms. The number of aryl methyl sites for hydroxylation is 2. The van der Waals surface area contributed by atoms with Gasteiger partial charge in [0.15, 0.2) is 0 Å². The molecule has 0 bridgehead atoms. The summed E-state index contributed by atoms with van der Waals surface area (Å²) >= 11 is 0. The summed E-state index contributed by atoms with van der Waals surface area (Å²) in [5.41, 5.74) is 16.1. The van der Waals surface area contributed by atoms with E-state index in [1.807, 2.05) is 44.2 Å². The highest BCUT2D eigenvalue weighted by molar-refractivity contribution is 5.92. The van der Waals surface area contributed by atoms with Gasteiger partial charge in [0.1, 0.15) is 11.4 Å². The quantitative estimate of drug-likeness (QED) is 0.121. The van der Waals surface area contributed by atoms with Gasteiger partial charge < -0.3 is 21.6 Å². The minimum atomic E-state index is -1.29. The van der Waals surface area contributed by atoms with E-state index in [1.165, 1.54) is 24.3 Å². The maximum Gasteiger partial charge on any atom is 0.342 e. The molecule has 0 aliphatic rings. The number of aromatic nitrogens is 2. The molecule has 0 saturated carbocycles. The number of carbonyl (C=O) groups is 1. The second-order valence-corrected chi connectivity index (χ2v) is 8.49. The molecule has 6 N–H and O–H groups in total. The molecule has 0 aliphatic carbocycles. The number of hydrogen-bond donors (Lipinski definition) is 4. The van der Waals surface area contributed by atoms with Crippen molar-refractivity contribution in [3.05, 3.63) is 122 Å². The van der Waals surface area contributed by atoms with Gasteiger partial charge in [-0.05, 0) is 49.2 Å². The first-order valence-electron chi connectivity index (χ1n) is 11.8. The number of nitrogens with one attached hydrogen (secondary N) is 1. The van der Waals surface area contributed by atoms with Crippen molar-refractivity contribution in [2.75, 3.05) is 11.5 Å². The van der Waals surface area contributed by atoms with Crippen molar-refractivity contribution in [2.45, 2.75) is 13.8 Å². The smallest absolute Gasteiger partial charge is 0.342 e. The average Bonchev–Trinajstić information content (AvgIpc) is 3.38. The number of imidazole rings is 1. The lowest BCUT2D eigenvalue weighted by Crippen LogP contribution is -2.01. The fourth-order valence-electron chi connectivity index (χ4n) is 3.65. The predicted molar refractivity (Wildman–Crippen MR) is 153 cm³/mol. The first-order chi connectivity index (χ1) is 19.0. The average molecular weight is 543 g/mol. The second kappa shape index (κ2) is 12.6. The number of anilines is 2. The van der Waals surface area contributed by atoms with Crippen molar-refractivity contribution in [3.8, 4) is 11.4 Å². The first-order valence-corrected chi connectivity index (χ1v) is 11.8. The fourth-order valence-corrected chi connectivity index (χ4v) is 3.65. The van der Waals surface area contributed by atoms with Crippen molar-refractivity contribution >= 4 is 39.8 Å². The van der Waals surface area contributed by atoms with Gasteiger partial charge in [-0.2, -0.15) is 0 Å². The van der Waals surface area contributed by atoms with Crippen molar-refractivity contribution in [1.82, 2.24) is 9.97 Å². The largest absolute Gasteiger partial charge is 0.477 e. The van der Waals surface area contributed by atoms with Crippen LogP contribution in [0, 0.1) is 34.1 Å². The summed E-state index contributed by atoms with van der Waals surface area (Å²) in [6.07, 6.45) is 0. The summed E-state index contributed by atoms with van der Waals surface area (Å²) in [6.45, 7) is 3.90. The molecule has 0 radical (unpaired) electrons. The normalized spacial score (nSPS) is 10.1. The third-order valence-electron chi connectivity index (χ3n) is 5.76. The number of carboxylic acids is 1. The zero-order valence-electron chi connectivity index (χ0n) is 21.6. The van der Waals surface area contributed by atoms with Crippen LogP contribution in [0.5, 0.6) is 0 Å². The lowest BCUT2D eigenvalue weighted by molar-refractivity contribution is -0.385. The molecule has 12 heteroatoms. The number of fused-ring (bicyclic) bond motifs is 1. The Bertz CT molecular complexity index is 1650. The van der Waals surface area contributed by atoms with Crippen molar-refractivity contribution in [1.29, 1.82) is 0 Å². The Kier molecular flexibility index (Phi) is 9.10. The van der Waals surface area contributed by atoms with E-state index in [-0.39, 0.29) is 16.9 Å². The summed E-state index contributed by atoms with van der Waals surface area (Å²) in [6, 6.07) is 23.2. The van der Waals surface area contributed by atoms with E-state index in [9.17, 15) is 25.0 Å². The monoisotopic (exact) mass is 542 g/mol. The van der Waals surface area contributed by atoms with Crippen molar-refractivity contribution in [3.63, 3.8) is 0 Å². The minimum Gasteiger partial charge on any atom is -0.477 e. The third-order valence-corrected chi connectivity index (χ3v) is 5.76. The molecule has 12 nitrogen and oxygen atoms in total. The van der Waals surface area contributed by atoms with Crippen LogP contribution < -0.4 is 11.5 Å². The fraction of sp³-hybridized carbons (Fsp3) is 0.0714. The van der Waals surface area contributed by atoms with E-state index in [1.54, 1.807) is 24.3 Å². The van der Waals surface area contributed by atoms with Crippen LogP contribution in [-0.4, -0.2) is 30.9 Å². The molecular weight excluding hydrogens is 516 g/mol. The number of H-pyrrole nitrogens is 1. The molecule has 1 aromatic heterocycles. The molecule has 5 aromatic rings. The van der Waals surface area contributed by atoms with E-state index >= 15 is 0 Å². The highest BCUT2D eigenvalue weighted by atomic mass is 16.6. The molecule has 4 aromatic carbocycles. The molecule has 0 unspecified atom stereocenters. The Morgan fingerprint density at radius 3 is 1.93 bits per heavy atom.